The average molecular weight is 277 g/mol. The predicted octanol–water partition coefficient (Wildman–Crippen LogP) is 2.70. The maximum Gasteiger partial charge on any atom is 0.319 e. The Morgan fingerprint density at radius 3 is 2.50 bits per heavy atom. The van der Waals surface area contributed by atoms with Crippen LogP contribution in [0.2, 0.25) is 0 Å². The van der Waals surface area contributed by atoms with Gasteiger partial charge in [-0.15, -0.1) is 0 Å². The summed E-state index contributed by atoms with van der Waals surface area (Å²) < 4.78 is 0. The molecule has 0 radical (unpaired) electrons. The first-order valence-corrected chi connectivity index (χ1v) is 6.84. The summed E-state index contributed by atoms with van der Waals surface area (Å²) in [5.74, 6) is -0.137. The van der Waals surface area contributed by atoms with Crippen LogP contribution in [0.4, 0.5) is 10.5 Å². The van der Waals surface area contributed by atoms with Crippen LogP contribution in [0.1, 0.15) is 37.0 Å². The highest BCUT2D eigenvalue weighted by atomic mass is 16.2. The summed E-state index contributed by atoms with van der Waals surface area (Å²) >= 11 is 0. The summed E-state index contributed by atoms with van der Waals surface area (Å²) in [6.07, 6.45) is 1.93. The number of benzene rings is 1. The lowest BCUT2D eigenvalue weighted by molar-refractivity contribution is 0.0828. The standard InChI is InChI=1S/C15H23N3O2/c1-5-8-11(2)16-15(20)17-13-10-7-6-9-12(13)14(19)18(3)4/h6-7,9-11H,5,8H2,1-4H3,(H2,16,17,20). The second kappa shape index (κ2) is 7.53. The highest BCUT2D eigenvalue weighted by Gasteiger charge is 2.15. The Morgan fingerprint density at radius 2 is 1.90 bits per heavy atom. The number of hydrogen-bond donors (Lipinski definition) is 2. The first-order valence-electron chi connectivity index (χ1n) is 6.84. The fourth-order valence-corrected chi connectivity index (χ4v) is 1.91. The predicted molar refractivity (Wildman–Crippen MR) is 81.0 cm³/mol. The molecular formula is C15H23N3O2. The first kappa shape index (κ1) is 16.0. The lowest BCUT2D eigenvalue weighted by atomic mass is 10.1. The minimum absolute atomic E-state index is 0.108. The molecule has 0 saturated carbocycles. The Labute approximate surface area is 120 Å². The summed E-state index contributed by atoms with van der Waals surface area (Å²) in [6, 6.07) is 6.81. The van der Waals surface area contributed by atoms with Crippen molar-refractivity contribution in [1.82, 2.24) is 10.2 Å². The fraction of sp³-hybridized carbons (Fsp3) is 0.467. The van der Waals surface area contributed by atoms with Crippen LogP contribution >= 0.6 is 0 Å². The van der Waals surface area contributed by atoms with Crippen LogP contribution < -0.4 is 10.6 Å². The van der Waals surface area contributed by atoms with Crippen molar-refractivity contribution in [2.75, 3.05) is 19.4 Å². The number of amides is 3. The van der Waals surface area contributed by atoms with Crippen LogP contribution in [-0.4, -0.2) is 37.0 Å². The van der Waals surface area contributed by atoms with E-state index in [0.29, 0.717) is 11.3 Å². The van der Waals surface area contributed by atoms with E-state index in [0.717, 1.165) is 12.8 Å². The van der Waals surface area contributed by atoms with Gasteiger partial charge in [-0.2, -0.15) is 0 Å². The molecule has 3 amide bonds. The molecule has 1 aromatic carbocycles. The smallest absolute Gasteiger partial charge is 0.319 e. The summed E-state index contributed by atoms with van der Waals surface area (Å²) in [5, 5.41) is 5.59. The third-order valence-electron chi connectivity index (χ3n) is 2.91. The van der Waals surface area contributed by atoms with Crippen molar-refractivity contribution in [3.8, 4) is 0 Å². The number of para-hydroxylation sites is 1. The quantitative estimate of drug-likeness (QED) is 0.869. The van der Waals surface area contributed by atoms with Crippen LogP contribution in [0.3, 0.4) is 0 Å². The number of urea groups is 1. The van der Waals surface area contributed by atoms with Gasteiger partial charge < -0.3 is 15.5 Å². The van der Waals surface area contributed by atoms with Gasteiger partial charge in [0, 0.05) is 20.1 Å². The van der Waals surface area contributed by atoms with Crippen molar-refractivity contribution < 1.29 is 9.59 Å². The average Bonchev–Trinajstić information content (AvgIpc) is 2.38. The van der Waals surface area contributed by atoms with Gasteiger partial charge in [0.2, 0.25) is 0 Å². The molecule has 1 unspecified atom stereocenters. The van der Waals surface area contributed by atoms with Crippen molar-refractivity contribution >= 4 is 17.6 Å². The van der Waals surface area contributed by atoms with E-state index in [2.05, 4.69) is 17.6 Å². The molecular weight excluding hydrogens is 254 g/mol. The Morgan fingerprint density at radius 1 is 1.25 bits per heavy atom. The molecule has 2 N–H and O–H groups in total. The molecule has 0 aliphatic carbocycles. The second-order valence-electron chi connectivity index (χ2n) is 5.03. The number of nitrogens with zero attached hydrogens (tertiary/aromatic N) is 1. The Kier molecular flexibility index (Phi) is 6.03. The van der Waals surface area contributed by atoms with Gasteiger partial charge in [-0.25, -0.2) is 4.79 Å². The van der Waals surface area contributed by atoms with E-state index in [-0.39, 0.29) is 18.0 Å². The van der Waals surface area contributed by atoms with E-state index < -0.39 is 0 Å². The monoisotopic (exact) mass is 277 g/mol. The van der Waals surface area contributed by atoms with E-state index in [9.17, 15) is 9.59 Å². The van der Waals surface area contributed by atoms with E-state index in [1.54, 1.807) is 38.4 Å². The molecule has 1 atom stereocenters. The molecule has 0 fully saturated rings. The third kappa shape index (κ3) is 4.57. The van der Waals surface area contributed by atoms with Gasteiger partial charge in [0.1, 0.15) is 0 Å². The molecule has 0 aliphatic heterocycles. The van der Waals surface area contributed by atoms with Gasteiger partial charge in [-0.1, -0.05) is 25.5 Å². The number of anilines is 1. The van der Waals surface area contributed by atoms with Gasteiger partial charge in [0.05, 0.1) is 11.3 Å². The molecule has 20 heavy (non-hydrogen) atoms. The van der Waals surface area contributed by atoms with Crippen LogP contribution in [-0.2, 0) is 0 Å². The lowest BCUT2D eigenvalue weighted by Gasteiger charge is -2.17. The normalized spacial score (nSPS) is 11.6. The Bertz CT molecular complexity index is 472. The van der Waals surface area contributed by atoms with Crippen molar-refractivity contribution in [2.24, 2.45) is 0 Å². The minimum Gasteiger partial charge on any atom is -0.345 e. The zero-order chi connectivity index (χ0) is 15.1. The largest absolute Gasteiger partial charge is 0.345 e. The fourth-order valence-electron chi connectivity index (χ4n) is 1.91. The van der Waals surface area contributed by atoms with Gasteiger partial charge >= 0.3 is 6.03 Å². The molecule has 0 aromatic heterocycles. The summed E-state index contributed by atoms with van der Waals surface area (Å²) in [6.45, 7) is 4.03. The molecule has 0 spiro atoms. The SMILES string of the molecule is CCCC(C)NC(=O)Nc1ccccc1C(=O)N(C)C. The molecule has 0 heterocycles. The van der Waals surface area contributed by atoms with Crippen LogP contribution in [0.25, 0.3) is 0 Å². The first-order chi connectivity index (χ1) is 9.45. The van der Waals surface area contributed by atoms with Gasteiger partial charge in [-0.3, -0.25) is 4.79 Å². The van der Waals surface area contributed by atoms with Crippen molar-refractivity contribution in [3.63, 3.8) is 0 Å². The van der Waals surface area contributed by atoms with Gasteiger partial charge in [0.25, 0.3) is 5.91 Å². The number of rotatable bonds is 5. The number of nitrogens with one attached hydrogen (secondary N) is 2. The molecule has 1 rings (SSSR count). The maximum absolute atomic E-state index is 12.0. The summed E-state index contributed by atoms with van der Waals surface area (Å²) in [7, 11) is 3.37. The van der Waals surface area contributed by atoms with Crippen molar-refractivity contribution in [3.05, 3.63) is 29.8 Å². The van der Waals surface area contributed by atoms with Crippen molar-refractivity contribution in [1.29, 1.82) is 0 Å². The molecule has 0 saturated heterocycles. The van der Waals surface area contributed by atoms with Gasteiger partial charge in [0.15, 0.2) is 0 Å². The summed E-state index contributed by atoms with van der Waals surface area (Å²) in [5.41, 5.74) is 1.00. The molecule has 5 nitrogen and oxygen atoms in total. The zero-order valence-corrected chi connectivity index (χ0v) is 12.6. The highest BCUT2D eigenvalue weighted by Crippen LogP contribution is 2.16. The molecule has 1 aromatic rings. The lowest BCUT2D eigenvalue weighted by Crippen LogP contribution is -2.36. The van der Waals surface area contributed by atoms with Crippen LogP contribution in [0.15, 0.2) is 24.3 Å². The minimum atomic E-state index is -0.287. The van der Waals surface area contributed by atoms with E-state index in [1.807, 2.05) is 6.92 Å². The molecule has 110 valence electrons. The Hall–Kier alpha value is -2.04. The molecule has 0 aliphatic rings. The molecule has 5 heteroatoms. The van der Waals surface area contributed by atoms with Crippen LogP contribution in [0, 0.1) is 0 Å². The topological polar surface area (TPSA) is 61.4 Å². The summed E-state index contributed by atoms with van der Waals surface area (Å²) in [4.78, 5) is 25.4. The molecule has 0 bridgehead atoms. The highest BCUT2D eigenvalue weighted by molar-refractivity contribution is 6.03. The maximum atomic E-state index is 12.0. The van der Waals surface area contributed by atoms with Gasteiger partial charge in [-0.05, 0) is 25.5 Å². The number of hydrogen-bond acceptors (Lipinski definition) is 2. The van der Waals surface area contributed by atoms with E-state index in [1.165, 1.54) is 4.90 Å². The van der Waals surface area contributed by atoms with Crippen LogP contribution in [0.5, 0.6) is 0 Å². The van der Waals surface area contributed by atoms with Crippen molar-refractivity contribution in [2.45, 2.75) is 32.7 Å². The van der Waals surface area contributed by atoms with E-state index >= 15 is 0 Å². The number of carbonyl (C=O) groups is 2. The second-order valence-corrected chi connectivity index (χ2v) is 5.03. The van der Waals surface area contributed by atoms with E-state index in [4.69, 9.17) is 0 Å². The third-order valence-corrected chi connectivity index (χ3v) is 2.91. The Balaban J connectivity index is 2.77. The number of carbonyl (C=O) groups excluding carboxylic acids is 2. The zero-order valence-electron chi connectivity index (χ0n) is 12.6.